The molecule has 5 N–H and O–H groups in total. The van der Waals surface area contributed by atoms with Crippen LogP contribution in [0.1, 0.15) is 6.92 Å². The van der Waals surface area contributed by atoms with E-state index in [1.54, 1.807) is 0 Å². The molecule has 18 heavy (non-hydrogen) atoms. The Bertz CT molecular complexity index is 373. The molecule has 1 amide bonds. The molecule has 1 unspecified atom stereocenters. The van der Waals surface area contributed by atoms with Gasteiger partial charge in [0.1, 0.15) is 24.4 Å². The number of nitrogens with one attached hydrogen (secondary N) is 1. The lowest BCUT2D eigenvalue weighted by Crippen LogP contribution is -2.69. The molecular weight excluding hydrogens is 248 g/mol. The zero-order valence-corrected chi connectivity index (χ0v) is 9.46. The quantitative estimate of drug-likeness (QED) is 0.215. The van der Waals surface area contributed by atoms with Crippen LogP contribution in [0.25, 0.3) is 10.4 Å². The summed E-state index contributed by atoms with van der Waals surface area (Å²) in [6, 6.07) is -1.55. The molecule has 10 nitrogen and oxygen atoms in total. The van der Waals surface area contributed by atoms with Crippen molar-refractivity contribution in [1.82, 2.24) is 5.32 Å². The minimum Gasteiger partial charge on any atom is -0.394 e. The first kappa shape index (κ1) is 14.6. The van der Waals surface area contributed by atoms with Gasteiger partial charge >= 0.3 is 0 Å². The highest BCUT2D eigenvalue weighted by Crippen LogP contribution is 2.29. The zero-order valence-electron chi connectivity index (χ0n) is 9.46. The van der Waals surface area contributed by atoms with E-state index in [0.29, 0.717) is 0 Å². The Hall–Kier alpha value is -1.42. The first-order valence-electron chi connectivity index (χ1n) is 5.06. The number of azide groups is 1. The van der Waals surface area contributed by atoms with Gasteiger partial charge in [0.2, 0.25) is 5.91 Å². The Balaban J connectivity index is 3.09. The lowest BCUT2D eigenvalue weighted by molar-refractivity contribution is -0.315. The molecule has 1 aliphatic heterocycles. The first-order chi connectivity index (χ1) is 8.35. The summed E-state index contributed by atoms with van der Waals surface area (Å²) in [5, 5.41) is 43.3. The molecule has 1 aliphatic rings. The van der Waals surface area contributed by atoms with Gasteiger partial charge in [-0.05, 0) is 10.6 Å². The van der Waals surface area contributed by atoms with Crippen LogP contribution in [-0.2, 0) is 9.53 Å². The van der Waals surface area contributed by atoms with E-state index in [4.69, 9.17) is 15.4 Å². The molecule has 102 valence electrons. The van der Waals surface area contributed by atoms with Gasteiger partial charge in [0.15, 0.2) is 0 Å². The second-order valence-electron chi connectivity index (χ2n) is 3.85. The van der Waals surface area contributed by atoms with E-state index in [0.717, 1.165) is 6.92 Å². The topological polar surface area (TPSA) is 168 Å². The highest BCUT2D eigenvalue weighted by molar-refractivity contribution is 5.73. The predicted octanol–water partition coefficient (Wildman–Crippen LogP) is -2.44. The van der Waals surface area contributed by atoms with Gasteiger partial charge in [0.05, 0.1) is 6.61 Å². The average molecular weight is 262 g/mol. The van der Waals surface area contributed by atoms with E-state index in [-0.39, 0.29) is 0 Å². The summed E-state index contributed by atoms with van der Waals surface area (Å²) in [5.74, 6) is -3.23. The Morgan fingerprint density at radius 3 is 2.61 bits per heavy atom. The number of hydrogen-bond acceptors (Lipinski definition) is 7. The normalized spacial score (nSPS) is 39.8. The molecule has 0 aromatic heterocycles. The van der Waals surface area contributed by atoms with Gasteiger partial charge in [-0.1, -0.05) is 0 Å². The summed E-state index contributed by atoms with van der Waals surface area (Å²) in [6.45, 7) is 0.391. The fourth-order valence-electron chi connectivity index (χ4n) is 1.70. The van der Waals surface area contributed by atoms with Gasteiger partial charge in [0, 0.05) is 11.8 Å². The third kappa shape index (κ3) is 2.70. The number of carbonyl (C=O) groups excluding carboxylic acids is 1. The second-order valence-corrected chi connectivity index (χ2v) is 3.85. The third-order valence-electron chi connectivity index (χ3n) is 2.53. The van der Waals surface area contributed by atoms with Crippen molar-refractivity contribution in [1.29, 1.82) is 0 Å². The van der Waals surface area contributed by atoms with Gasteiger partial charge in [-0.3, -0.25) is 4.79 Å². The molecule has 1 heterocycles. The van der Waals surface area contributed by atoms with Crippen LogP contribution in [0, 0.1) is 0 Å². The fourth-order valence-corrected chi connectivity index (χ4v) is 1.70. The van der Waals surface area contributed by atoms with Crippen LogP contribution in [0.3, 0.4) is 0 Å². The van der Waals surface area contributed by atoms with Crippen molar-refractivity contribution in [2.24, 2.45) is 5.11 Å². The molecular formula is C8H14N4O6. The van der Waals surface area contributed by atoms with E-state index in [2.05, 4.69) is 15.3 Å². The lowest BCUT2D eigenvalue weighted by atomic mass is 9.94. The summed E-state index contributed by atoms with van der Waals surface area (Å²) in [6.07, 6.45) is -4.57. The number of nitrogens with zero attached hydrogens (tertiary/aromatic N) is 3. The van der Waals surface area contributed by atoms with E-state index < -0.39 is 42.8 Å². The number of rotatable bonds is 3. The van der Waals surface area contributed by atoms with Gasteiger partial charge in [0.25, 0.3) is 5.91 Å². The van der Waals surface area contributed by atoms with Crippen molar-refractivity contribution < 1.29 is 30.0 Å². The molecule has 0 spiro atoms. The van der Waals surface area contributed by atoms with Crippen molar-refractivity contribution in [3.63, 3.8) is 0 Å². The zero-order chi connectivity index (χ0) is 13.9. The van der Waals surface area contributed by atoms with Crippen molar-refractivity contribution in [3.05, 3.63) is 10.4 Å². The molecule has 0 radical (unpaired) electrons. The predicted molar refractivity (Wildman–Crippen MR) is 55.7 cm³/mol. The number of carbonyl (C=O) groups is 1. The van der Waals surface area contributed by atoms with Crippen LogP contribution in [-0.4, -0.2) is 63.2 Å². The maximum absolute atomic E-state index is 11.0. The van der Waals surface area contributed by atoms with Crippen LogP contribution in [0.15, 0.2) is 5.11 Å². The van der Waals surface area contributed by atoms with E-state index >= 15 is 0 Å². The molecule has 0 aromatic carbocycles. The monoisotopic (exact) mass is 262 g/mol. The third-order valence-corrected chi connectivity index (χ3v) is 2.53. The number of hydrogen-bond donors (Lipinski definition) is 5. The average Bonchev–Trinajstić information content (AvgIpc) is 2.30. The lowest BCUT2D eigenvalue weighted by Gasteiger charge is -2.45. The number of aliphatic hydroxyl groups excluding tert-OH is 3. The highest BCUT2D eigenvalue weighted by atomic mass is 16.7. The molecule has 1 fully saturated rings. The molecule has 0 aliphatic carbocycles. The summed E-state index contributed by atoms with van der Waals surface area (Å²) in [5.41, 5.74) is 8.35. The van der Waals surface area contributed by atoms with E-state index in [1.807, 2.05) is 0 Å². The molecule has 5 atom stereocenters. The highest BCUT2D eigenvalue weighted by Gasteiger charge is 2.53. The Kier molecular flexibility index (Phi) is 4.46. The van der Waals surface area contributed by atoms with Crippen molar-refractivity contribution in [2.75, 3.05) is 6.61 Å². The van der Waals surface area contributed by atoms with Crippen molar-refractivity contribution in [3.8, 4) is 0 Å². The van der Waals surface area contributed by atoms with Crippen molar-refractivity contribution in [2.45, 2.75) is 37.2 Å². The molecule has 10 heteroatoms. The largest absolute Gasteiger partial charge is 0.394 e. The van der Waals surface area contributed by atoms with Crippen LogP contribution < -0.4 is 5.32 Å². The number of amides is 1. The van der Waals surface area contributed by atoms with Gasteiger partial charge in [-0.15, -0.1) is 0 Å². The Morgan fingerprint density at radius 1 is 1.56 bits per heavy atom. The standard InChI is InChI=1S/C8H14N4O6/c1-3(14)10-7-6(16)5(15)4(2-13)18-8(7,17)11-12-9/h4-7,13,15-17H,2H2,1H3,(H,10,14)/t4-,5+,6+,7-,8?/m1/s1. The van der Waals surface area contributed by atoms with Crippen LogP contribution in [0.2, 0.25) is 0 Å². The molecule has 1 rings (SSSR count). The maximum atomic E-state index is 11.0. The Labute approximate surface area is 101 Å². The molecule has 0 aromatic rings. The molecule has 0 bridgehead atoms. The van der Waals surface area contributed by atoms with Crippen LogP contribution in [0.5, 0.6) is 0 Å². The van der Waals surface area contributed by atoms with Crippen LogP contribution >= 0.6 is 0 Å². The SMILES string of the molecule is CC(=O)N[C@@H]1[C@@H](O)[C@@H](O)[C@@H](CO)OC1(O)N=[N+]=[N-]. The minimum absolute atomic E-state index is 0.635. The molecule has 1 saturated heterocycles. The first-order valence-corrected chi connectivity index (χ1v) is 5.06. The molecule has 0 saturated carbocycles. The van der Waals surface area contributed by atoms with E-state index in [9.17, 15) is 20.1 Å². The summed E-state index contributed by atoms with van der Waals surface area (Å²) >= 11 is 0. The fraction of sp³-hybridized carbons (Fsp3) is 0.875. The Morgan fingerprint density at radius 2 is 2.17 bits per heavy atom. The van der Waals surface area contributed by atoms with E-state index in [1.165, 1.54) is 0 Å². The van der Waals surface area contributed by atoms with Gasteiger partial charge in [-0.25, -0.2) is 0 Å². The second kappa shape index (κ2) is 5.48. The number of aliphatic hydroxyl groups is 4. The number of ether oxygens (including phenoxy) is 1. The van der Waals surface area contributed by atoms with Gasteiger partial charge in [-0.2, -0.15) is 0 Å². The van der Waals surface area contributed by atoms with Crippen molar-refractivity contribution >= 4 is 5.91 Å². The van der Waals surface area contributed by atoms with Crippen LogP contribution in [0.4, 0.5) is 0 Å². The maximum Gasteiger partial charge on any atom is 0.270 e. The minimum atomic E-state index is -2.59. The summed E-state index contributed by atoms with van der Waals surface area (Å²) < 4.78 is 4.82. The van der Waals surface area contributed by atoms with Gasteiger partial charge < -0.3 is 30.5 Å². The summed E-state index contributed by atoms with van der Waals surface area (Å²) in [4.78, 5) is 13.3. The summed E-state index contributed by atoms with van der Waals surface area (Å²) in [7, 11) is 0. The smallest absolute Gasteiger partial charge is 0.270 e.